The molecule has 0 bridgehead atoms. The summed E-state index contributed by atoms with van der Waals surface area (Å²) in [5.41, 5.74) is 2.91. The second-order valence-corrected chi connectivity index (χ2v) is 8.03. The summed E-state index contributed by atoms with van der Waals surface area (Å²) in [6.07, 6.45) is 11.1. The fourth-order valence-corrected chi connectivity index (χ4v) is 4.01. The smallest absolute Gasteiger partial charge is 0.126 e. The Morgan fingerprint density at radius 1 is 0.933 bits per heavy atom. The van der Waals surface area contributed by atoms with Gasteiger partial charge in [-0.1, -0.05) is 30.9 Å². The number of hydrogen-bond donors (Lipinski definition) is 2. The maximum Gasteiger partial charge on any atom is 0.126 e. The highest BCUT2D eigenvalue weighted by Gasteiger charge is 2.15. The van der Waals surface area contributed by atoms with E-state index in [0.717, 1.165) is 41.5 Å². The molecule has 0 amide bonds. The van der Waals surface area contributed by atoms with E-state index in [1.54, 1.807) is 18.6 Å². The van der Waals surface area contributed by atoms with E-state index in [1.165, 1.54) is 31.4 Å². The summed E-state index contributed by atoms with van der Waals surface area (Å²) in [5, 5.41) is 7.21. The number of aromatic nitrogens is 2. The van der Waals surface area contributed by atoms with Crippen molar-refractivity contribution in [2.45, 2.75) is 44.7 Å². The van der Waals surface area contributed by atoms with Crippen molar-refractivity contribution in [2.75, 3.05) is 10.6 Å². The second-order valence-electron chi connectivity index (χ2n) is 7.62. The molecule has 0 saturated heterocycles. The number of nitrogens with zero attached hydrogens (tertiary/aromatic N) is 2. The third kappa shape index (κ3) is 5.25. The standard InChI is InChI=1S/C23H23ClF2N4/c24-22-14-29-23(30-19-4-2-1-3-5-19)10-21(22)16-8-20(13-27-12-16)28-11-15-6-17(25)9-18(26)7-15/h6-10,12-14,19,28H,1-5,11H2,(H,29,30). The fourth-order valence-electron chi connectivity index (χ4n) is 3.80. The molecule has 0 radical (unpaired) electrons. The first-order valence-corrected chi connectivity index (χ1v) is 10.5. The SMILES string of the molecule is Fc1cc(F)cc(CNc2cncc(-c3cc(NC4CCCCC4)ncc3Cl)c2)c1. The molecule has 156 valence electrons. The lowest BCUT2D eigenvalue weighted by molar-refractivity contribution is 0.462. The molecule has 0 atom stereocenters. The number of benzene rings is 1. The Morgan fingerprint density at radius 3 is 2.47 bits per heavy atom. The summed E-state index contributed by atoms with van der Waals surface area (Å²) in [4.78, 5) is 8.71. The van der Waals surface area contributed by atoms with Gasteiger partial charge in [0.25, 0.3) is 0 Å². The van der Waals surface area contributed by atoms with Crippen molar-refractivity contribution < 1.29 is 8.78 Å². The van der Waals surface area contributed by atoms with Crippen LogP contribution in [0.25, 0.3) is 11.1 Å². The van der Waals surface area contributed by atoms with Crippen molar-refractivity contribution in [3.63, 3.8) is 0 Å². The van der Waals surface area contributed by atoms with Gasteiger partial charge in [-0.05, 0) is 42.7 Å². The zero-order valence-corrected chi connectivity index (χ0v) is 17.2. The van der Waals surface area contributed by atoms with E-state index in [2.05, 4.69) is 20.6 Å². The van der Waals surface area contributed by atoms with E-state index in [4.69, 9.17) is 11.6 Å². The predicted molar refractivity (Wildman–Crippen MR) is 117 cm³/mol. The lowest BCUT2D eigenvalue weighted by atomic mass is 9.95. The molecule has 2 heterocycles. The Morgan fingerprint density at radius 2 is 1.70 bits per heavy atom. The van der Waals surface area contributed by atoms with Crippen molar-refractivity contribution in [1.82, 2.24) is 9.97 Å². The lowest BCUT2D eigenvalue weighted by Gasteiger charge is -2.23. The molecule has 0 unspecified atom stereocenters. The van der Waals surface area contributed by atoms with Gasteiger partial charge in [0, 0.05) is 48.4 Å². The van der Waals surface area contributed by atoms with Crippen LogP contribution in [0, 0.1) is 11.6 Å². The van der Waals surface area contributed by atoms with Gasteiger partial charge < -0.3 is 10.6 Å². The Balaban J connectivity index is 1.50. The van der Waals surface area contributed by atoms with Crippen LogP contribution in [0.5, 0.6) is 0 Å². The normalized spacial score (nSPS) is 14.5. The third-order valence-electron chi connectivity index (χ3n) is 5.28. The van der Waals surface area contributed by atoms with Gasteiger partial charge >= 0.3 is 0 Å². The van der Waals surface area contributed by atoms with Crippen LogP contribution in [-0.4, -0.2) is 16.0 Å². The number of pyridine rings is 2. The van der Waals surface area contributed by atoms with Crippen molar-refractivity contribution in [3.8, 4) is 11.1 Å². The van der Waals surface area contributed by atoms with Crippen LogP contribution in [0.15, 0.2) is 48.9 Å². The van der Waals surface area contributed by atoms with Crippen molar-refractivity contribution >= 4 is 23.1 Å². The lowest BCUT2D eigenvalue weighted by Crippen LogP contribution is -2.22. The Hall–Kier alpha value is -2.73. The number of rotatable bonds is 6. The van der Waals surface area contributed by atoms with Crippen LogP contribution in [0.2, 0.25) is 5.02 Å². The molecule has 1 aromatic carbocycles. The van der Waals surface area contributed by atoms with Gasteiger partial charge in [0.2, 0.25) is 0 Å². The molecule has 0 spiro atoms. The molecule has 1 aliphatic carbocycles. The molecule has 3 aromatic rings. The molecule has 7 heteroatoms. The molecule has 1 aliphatic rings. The Bertz CT molecular complexity index is 1000. The van der Waals surface area contributed by atoms with Crippen LogP contribution < -0.4 is 10.6 Å². The van der Waals surface area contributed by atoms with E-state index in [-0.39, 0.29) is 6.54 Å². The Kier molecular flexibility index (Phi) is 6.43. The molecule has 1 fully saturated rings. The van der Waals surface area contributed by atoms with E-state index < -0.39 is 11.6 Å². The minimum atomic E-state index is -0.597. The number of hydrogen-bond acceptors (Lipinski definition) is 4. The van der Waals surface area contributed by atoms with Crippen molar-refractivity contribution in [3.05, 3.63) is 71.1 Å². The summed E-state index contributed by atoms with van der Waals surface area (Å²) in [7, 11) is 0. The van der Waals surface area contributed by atoms with Crippen LogP contribution in [0.4, 0.5) is 20.3 Å². The maximum atomic E-state index is 13.4. The number of anilines is 2. The molecule has 2 aromatic heterocycles. The summed E-state index contributed by atoms with van der Waals surface area (Å²) in [6.45, 7) is 0.276. The summed E-state index contributed by atoms with van der Waals surface area (Å²) in [6, 6.07) is 7.76. The third-order valence-corrected chi connectivity index (χ3v) is 5.58. The van der Waals surface area contributed by atoms with Gasteiger partial charge in [-0.25, -0.2) is 13.8 Å². The molecule has 30 heavy (non-hydrogen) atoms. The highest BCUT2D eigenvalue weighted by molar-refractivity contribution is 6.33. The van der Waals surface area contributed by atoms with Gasteiger partial charge in [-0.3, -0.25) is 4.98 Å². The Labute approximate surface area is 179 Å². The van der Waals surface area contributed by atoms with Crippen molar-refractivity contribution in [1.29, 1.82) is 0 Å². The molecule has 2 N–H and O–H groups in total. The topological polar surface area (TPSA) is 49.8 Å². The van der Waals surface area contributed by atoms with Crippen LogP contribution >= 0.6 is 11.6 Å². The minimum absolute atomic E-state index is 0.276. The highest BCUT2D eigenvalue weighted by Crippen LogP contribution is 2.31. The molecule has 4 rings (SSSR count). The first-order chi connectivity index (χ1) is 14.6. The molecular formula is C23H23ClF2N4. The largest absolute Gasteiger partial charge is 0.380 e. The molecule has 4 nitrogen and oxygen atoms in total. The van der Waals surface area contributed by atoms with Crippen molar-refractivity contribution in [2.24, 2.45) is 0 Å². The van der Waals surface area contributed by atoms with Crippen LogP contribution in [0.1, 0.15) is 37.7 Å². The van der Waals surface area contributed by atoms with Gasteiger partial charge in [0.15, 0.2) is 0 Å². The highest BCUT2D eigenvalue weighted by atomic mass is 35.5. The monoisotopic (exact) mass is 428 g/mol. The molecule has 0 aliphatic heterocycles. The first-order valence-electron chi connectivity index (χ1n) is 10.1. The average Bonchev–Trinajstić information content (AvgIpc) is 2.74. The van der Waals surface area contributed by atoms with E-state index in [0.29, 0.717) is 16.6 Å². The van der Waals surface area contributed by atoms with Crippen LogP contribution in [-0.2, 0) is 6.54 Å². The number of halogens is 3. The predicted octanol–water partition coefficient (Wildman–Crippen LogP) is 6.43. The zero-order chi connectivity index (χ0) is 20.9. The first kappa shape index (κ1) is 20.5. The van der Waals surface area contributed by atoms with Gasteiger partial charge in [0.1, 0.15) is 17.5 Å². The summed E-state index contributed by atoms with van der Waals surface area (Å²) >= 11 is 6.41. The maximum absolute atomic E-state index is 13.4. The van der Waals surface area contributed by atoms with E-state index in [1.807, 2.05) is 12.1 Å². The van der Waals surface area contributed by atoms with Gasteiger partial charge in [-0.15, -0.1) is 0 Å². The van der Waals surface area contributed by atoms with Crippen LogP contribution in [0.3, 0.4) is 0 Å². The quantitative estimate of drug-likeness (QED) is 0.474. The van der Waals surface area contributed by atoms with Gasteiger partial charge in [-0.2, -0.15) is 0 Å². The van der Waals surface area contributed by atoms with Gasteiger partial charge in [0.05, 0.1) is 10.7 Å². The molecular weight excluding hydrogens is 406 g/mol. The average molecular weight is 429 g/mol. The van der Waals surface area contributed by atoms with E-state index in [9.17, 15) is 8.78 Å². The summed E-state index contributed by atoms with van der Waals surface area (Å²) < 4.78 is 26.8. The van der Waals surface area contributed by atoms with E-state index >= 15 is 0 Å². The fraction of sp³-hybridized carbons (Fsp3) is 0.304. The second kappa shape index (κ2) is 9.39. The zero-order valence-electron chi connectivity index (χ0n) is 16.5. The number of nitrogens with one attached hydrogen (secondary N) is 2. The summed E-state index contributed by atoms with van der Waals surface area (Å²) in [5.74, 6) is -0.393. The molecule has 1 saturated carbocycles. The minimum Gasteiger partial charge on any atom is -0.380 e.